The average Bonchev–Trinajstić information content (AvgIpc) is 2.72. The van der Waals surface area contributed by atoms with E-state index in [2.05, 4.69) is 0 Å². The number of ketones is 1. The van der Waals surface area contributed by atoms with Crippen LogP contribution in [0, 0.1) is 0 Å². The number of carbonyl (C=O) groups excluding carboxylic acids is 1. The van der Waals surface area contributed by atoms with Crippen LogP contribution in [0.25, 0.3) is 0 Å². The third-order valence-electron chi connectivity index (χ3n) is 3.17. The zero-order valence-electron chi connectivity index (χ0n) is 9.63. The van der Waals surface area contributed by atoms with E-state index in [9.17, 15) is 4.79 Å². The summed E-state index contributed by atoms with van der Waals surface area (Å²) in [6.45, 7) is 2.51. The van der Waals surface area contributed by atoms with Gasteiger partial charge in [0.05, 0.1) is 0 Å². The molecule has 92 valence electrons. The van der Waals surface area contributed by atoms with E-state index in [4.69, 9.17) is 27.9 Å². The summed E-state index contributed by atoms with van der Waals surface area (Å²) in [5, 5.41) is 1.17. The minimum absolute atomic E-state index is 0.0687. The van der Waals surface area contributed by atoms with Crippen LogP contribution in [0.5, 0.6) is 0 Å². The molecule has 2 rings (SSSR count). The van der Waals surface area contributed by atoms with E-state index < -0.39 is 5.60 Å². The molecule has 17 heavy (non-hydrogen) atoms. The third-order valence-corrected chi connectivity index (χ3v) is 3.77. The molecule has 0 amide bonds. The summed E-state index contributed by atoms with van der Waals surface area (Å²) in [5.74, 6) is 0.0687. The van der Waals surface area contributed by atoms with Crippen molar-refractivity contribution in [1.82, 2.24) is 0 Å². The van der Waals surface area contributed by atoms with Gasteiger partial charge < -0.3 is 4.74 Å². The standard InChI is InChI=1S/C13H14Cl2O2/c1-13(5-2-6-17-13)12(16)8-9-7-10(14)3-4-11(9)15/h3-4,7H,2,5-6,8H2,1H3. The fourth-order valence-corrected chi connectivity index (χ4v) is 2.42. The zero-order chi connectivity index (χ0) is 12.5. The largest absolute Gasteiger partial charge is 0.367 e. The number of carbonyl (C=O) groups is 1. The molecule has 4 heteroatoms. The van der Waals surface area contributed by atoms with Crippen molar-refractivity contribution in [2.75, 3.05) is 6.61 Å². The Hall–Kier alpha value is -0.570. The highest BCUT2D eigenvalue weighted by atomic mass is 35.5. The van der Waals surface area contributed by atoms with E-state index in [-0.39, 0.29) is 12.2 Å². The number of Topliss-reactive ketones (excluding diaryl/α,β-unsaturated/α-hetero) is 1. The maximum atomic E-state index is 12.2. The van der Waals surface area contributed by atoms with Crippen LogP contribution < -0.4 is 0 Å². The first-order valence-electron chi connectivity index (χ1n) is 5.62. The van der Waals surface area contributed by atoms with Crippen LogP contribution in [0.2, 0.25) is 10.0 Å². The summed E-state index contributed by atoms with van der Waals surface area (Å²) >= 11 is 11.9. The van der Waals surface area contributed by atoms with Gasteiger partial charge in [0, 0.05) is 23.1 Å². The normalized spacial score (nSPS) is 23.9. The van der Waals surface area contributed by atoms with Gasteiger partial charge in [-0.2, -0.15) is 0 Å². The lowest BCUT2D eigenvalue weighted by Crippen LogP contribution is -2.35. The number of hydrogen-bond acceptors (Lipinski definition) is 2. The van der Waals surface area contributed by atoms with Crippen LogP contribution in [0.1, 0.15) is 25.3 Å². The second kappa shape index (κ2) is 4.97. The van der Waals surface area contributed by atoms with Crippen molar-refractivity contribution in [2.45, 2.75) is 31.8 Å². The molecular weight excluding hydrogens is 259 g/mol. The molecule has 0 radical (unpaired) electrons. The molecule has 1 unspecified atom stereocenters. The minimum Gasteiger partial charge on any atom is -0.367 e. The van der Waals surface area contributed by atoms with E-state index in [0.717, 1.165) is 18.4 Å². The number of halogens is 2. The molecule has 1 saturated heterocycles. The Kier molecular flexibility index (Phi) is 3.76. The second-order valence-electron chi connectivity index (χ2n) is 4.52. The van der Waals surface area contributed by atoms with E-state index in [1.165, 1.54) is 0 Å². The lowest BCUT2D eigenvalue weighted by Gasteiger charge is -2.21. The molecular formula is C13H14Cl2O2. The molecule has 0 bridgehead atoms. The molecule has 0 saturated carbocycles. The first-order valence-corrected chi connectivity index (χ1v) is 6.38. The fraction of sp³-hybridized carbons (Fsp3) is 0.462. The van der Waals surface area contributed by atoms with Gasteiger partial charge in [0.15, 0.2) is 5.78 Å². The first kappa shape index (κ1) is 12.9. The van der Waals surface area contributed by atoms with Crippen molar-refractivity contribution in [2.24, 2.45) is 0 Å². The lowest BCUT2D eigenvalue weighted by atomic mass is 9.92. The summed E-state index contributed by atoms with van der Waals surface area (Å²) in [4.78, 5) is 12.2. The maximum absolute atomic E-state index is 12.2. The number of hydrogen-bond donors (Lipinski definition) is 0. The Morgan fingerprint density at radius 1 is 1.47 bits per heavy atom. The number of ether oxygens (including phenoxy) is 1. The molecule has 1 atom stereocenters. The molecule has 1 fully saturated rings. The van der Waals surface area contributed by atoms with Crippen molar-refractivity contribution in [3.8, 4) is 0 Å². The molecule has 1 heterocycles. The molecule has 1 aliphatic rings. The monoisotopic (exact) mass is 272 g/mol. The van der Waals surface area contributed by atoms with Crippen LogP contribution in [0.3, 0.4) is 0 Å². The summed E-state index contributed by atoms with van der Waals surface area (Å²) in [7, 11) is 0. The topological polar surface area (TPSA) is 26.3 Å². The Bertz CT molecular complexity index is 437. The summed E-state index contributed by atoms with van der Waals surface area (Å²) in [5.41, 5.74) is 0.118. The van der Waals surface area contributed by atoms with Gasteiger partial charge in [-0.3, -0.25) is 4.79 Å². The molecule has 2 nitrogen and oxygen atoms in total. The number of benzene rings is 1. The fourth-order valence-electron chi connectivity index (χ4n) is 2.04. The van der Waals surface area contributed by atoms with E-state index in [1.807, 2.05) is 6.92 Å². The second-order valence-corrected chi connectivity index (χ2v) is 5.36. The van der Waals surface area contributed by atoms with Crippen LogP contribution >= 0.6 is 23.2 Å². The van der Waals surface area contributed by atoms with Gasteiger partial charge >= 0.3 is 0 Å². The molecule has 1 aliphatic heterocycles. The Morgan fingerprint density at radius 2 is 2.24 bits per heavy atom. The molecule has 0 aliphatic carbocycles. The Labute approximate surface area is 111 Å². The van der Waals surface area contributed by atoms with Gasteiger partial charge in [-0.15, -0.1) is 0 Å². The predicted octanol–water partition coefficient (Wildman–Crippen LogP) is 3.67. The van der Waals surface area contributed by atoms with Crippen molar-refractivity contribution in [1.29, 1.82) is 0 Å². The van der Waals surface area contributed by atoms with Gasteiger partial charge in [0.2, 0.25) is 0 Å². The van der Waals surface area contributed by atoms with E-state index in [0.29, 0.717) is 16.7 Å². The van der Waals surface area contributed by atoms with E-state index in [1.54, 1.807) is 18.2 Å². The zero-order valence-corrected chi connectivity index (χ0v) is 11.1. The predicted molar refractivity (Wildman–Crippen MR) is 68.8 cm³/mol. The van der Waals surface area contributed by atoms with Crippen LogP contribution in [0.4, 0.5) is 0 Å². The molecule has 0 spiro atoms. The first-order chi connectivity index (χ1) is 8.01. The highest BCUT2D eigenvalue weighted by molar-refractivity contribution is 6.33. The lowest BCUT2D eigenvalue weighted by molar-refractivity contribution is -0.136. The highest BCUT2D eigenvalue weighted by Crippen LogP contribution is 2.29. The van der Waals surface area contributed by atoms with Gasteiger partial charge in [-0.1, -0.05) is 23.2 Å². The Balaban J connectivity index is 2.15. The minimum atomic E-state index is -0.647. The summed E-state index contributed by atoms with van der Waals surface area (Å²) in [6, 6.07) is 5.16. The van der Waals surface area contributed by atoms with Crippen LogP contribution in [-0.2, 0) is 16.0 Å². The molecule has 1 aromatic rings. The van der Waals surface area contributed by atoms with E-state index >= 15 is 0 Å². The molecule has 0 N–H and O–H groups in total. The van der Waals surface area contributed by atoms with Crippen LogP contribution in [-0.4, -0.2) is 18.0 Å². The SMILES string of the molecule is CC1(C(=O)Cc2cc(Cl)ccc2Cl)CCCO1. The maximum Gasteiger partial charge on any atom is 0.168 e. The average molecular weight is 273 g/mol. The number of rotatable bonds is 3. The van der Waals surface area contributed by atoms with Crippen molar-refractivity contribution in [3.63, 3.8) is 0 Å². The van der Waals surface area contributed by atoms with Crippen molar-refractivity contribution in [3.05, 3.63) is 33.8 Å². The van der Waals surface area contributed by atoms with Crippen molar-refractivity contribution < 1.29 is 9.53 Å². The summed E-state index contributed by atoms with van der Waals surface area (Å²) in [6.07, 6.45) is 1.99. The Morgan fingerprint density at radius 3 is 2.88 bits per heavy atom. The van der Waals surface area contributed by atoms with Gasteiger partial charge in [-0.05, 0) is 43.5 Å². The molecule has 1 aromatic carbocycles. The van der Waals surface area contributed by atoms with Crippen molar-refractivity contribution >= 4 is 29.0 Å². The third kappa shape index (κ3) is 2.82. The van der Waals surface area contributed by atoms with Gasteiger partial charge in [0.25, 0.3) is 0 Å². The van der Waals surface area contributed by atoms with Gasteiger partial charge in [-0.25, -0.2) is 0 Å². The summed E-state index contributed by atoms with van der Waals surface area (Å²) < 4.78 is 5.52. The highest BCUT2D eigenvalue weighted by Gasteiger charge is 2.37. The van der Waals surface area contributed by atoms with Crippen LogP contribution in [0.15, 0.2) is 18.2 Å². The smallest absolute Gasteiger partial charge is 0.168 e. The van der Waals surface area contributed by atoms with Gasteiger partial charge in [0.1, 0.15) is 5.60 Å². The molecule has 0 aromatic heterocycles. The quantitative estimate of drug-likeness (QED) is 0.839.